The van der Waals surface area contributed by atoms with Gasteiger partial charge in [0.15, 0.2) is 0 Å². The van der Waals surface area contributed by atoms with Crippen molar-refractivity contribution in [3.63, 3.8) is 0 Å². The van der Waals surface area contributed by atoms with E-state index in [1.54, 1.807) is 38.1 Å². The summed E-state index contributed by atoms with van der Waals surface area (Å²) in [7, 11) is 2.93. The van der Waals surface area contributed by atoms with E-state index in [2.05, 4.69) is 5.32 Å². The Hall–Kier alpha value is -3.96. The van der Waals surface area contributed by atoms with Crippen LogP contribution >= 0.6 is 0 Å². The van der Waals surface area contributed by atoms with Gasteiger partial charge in [-0.1, -0.05) is 26.0 Å². The van der Waals surface area contributed by atoms with Gasteiger partial charge in [0.25, 0.3) is 5.91 Å². The van der Waals surface area contributed by atoms with Crippen LogP contribution in [0.2, 0.25) is 0 Å². The molecule has 0 aromatic heterocycles. The standard InChI is InChI=1S/C29H31F4N3O5/c1-16(2)23(34-24(37)20-15-18(29(31,32)33)8-9-21(20)30)26(39)36-12-10-28(11-13-36)22(25(38)35(3)27(28)40)17-6-5-7-19(14-17)41-4/h5-9,14-16,22-23H,10-13H2,1-4H3,(H,34,37)/t22?,23-/m1/s1. The lowest BCUT2D eigenvalue weighted by molar-refractivity contribution is -0.144. The molecule has 2 atom stereocenters. The number of rotatable bonds is 6. The van der Waals surface area contributed by atoms with Gasteiger partial charge in [-0.05, 0) is 54.7 Å². The molecule has 2 aromatic carbocycles. The molecule has 4 amide bonds. The number of likely N-dealkylation sites (N-methyl/N-ethyl adjacent to an activating group) is 1. The highest BCUT2D eigenvalue weighted by Gasteiger charge is 2.59. The van der Waals surface area contributed by atoms with Gasteiger partial charge in [0, 0.05) is 20.1 Å². The molecule has 0 saturated carbocycles. The zero-order chi connectivity index (χ0) is 30.3. The van der Waals surface area contributed by atoms with E-state index in [0.717, 1.165) is 4.90 Å². The topological polar surface area (TPSA) is 96.0 Å². The van der Waals surface area contributed by atoms with Gasteiger partial charge in [-0.25, -0.2) is 4.39 Å². The minimum absolute atomic E-state index is 0.100. The van der Waals surface area contributed by atoms with Crippen molar-refractivity contribution >= 4 is 23.6 Å². The summed E-state index contributed by atoms with van der Waals surface area (Å²) in [5.74, 6) is -4.22. The predicted molar refractivity (Wildman–Crippen MR) is 139 cm³/mol. The van der Waals surface area contributed by atoms with Gasteiger partial charge in [0.1, 0.15) is 17.6 Å². The van der Waals surface area contributed by atoms with Crippen molar-refractivity contribution in [2.45, 2.75) is 44.8 Å². The molecule has 2 aliphatic heterocycles. The molecule has 2 aromatic rings. The number of alkyl halides is 3. The maximum atomic E-state index is 14.3. The fraction of sp³-hybridized carbons (Fsp3) is 0.448. The van der Waals surface area contributed by atoms with Gasteiger partial charge in [0.2, 0.25) is 17.7 Å². The minimum atomic E-state index is -4.78. The number of imide groups is 1. The Morgan fingerprint density at radius 3 is 2.32 bits per heavy atom. The Balaban J connectivity index is 1.54. The molecule has 0 bridgehead atoms. The molecular formula is C29H31F4N3O5. The van der Waals surface area contributed by atoms with Crippen LogP contribution in [-0.4, -0.2) is 66.7 Å². The third kappa shape index (κ3) is 5.51. The summed E-state index contributed by atoms with van der Waals surface area (Å²) in [5.41, 5.74) is -2.46. The van der Waals surface area contributed by atoms with Crippen molar-refractivity contribution in [1.82, 2.24) is 15.1 Å². The second-order valence-corrected chi connectivity index (χ2v) is 10.8. The molecule has 1 unspecified atom stereocenters. The number of carbonyl (C=O) groups is 4. The number of carbonyl (C=O) groups excluding carboxylic acids is 4. The fourth-order valence-electron chi connectivity index (χ4n) is 5.70. The van der Waals surface area contributed by atoms with Crippen molar-refractivity contribution in [2.24, 2.45) is 11.3 Å². The van der Waals surface area contributed by atoms with Gasteiger partial charge < -0.3 is 15.0 Å². The highest BCUT2D eigenvalue weighted by atomic mass is 19.4. The first kappa shape index (κ1) is 30.0. The minimum Gasteiger partial charge on any atom is -0.497 e. The zero-order valence-corrected chi connectivity index (χ0v) is 23.0. The number of ether oxygens (including phenoxy) is 1. The Labute approximate surface area is 234 Å². The van der Waals surface area contributed by atoms with Crippen LogP contribution in [0.3, 0.4) is 0 Å². The lowest BCUT2D eigenvalue weighted by Crippen LogP contribution is -2.55. The Morgan fingerprint density at radius 2 is 1.73 bits per heavy atom. The van der Waals surface area contributed by atoms with Crippen LogP contribution < -0.4 is 10.1 Å². The Kier molecular flexibility index (Phi) is 8.15. The maximum Gasteiger partial charge on any atom is 0.416 e. The van der Waals surface area contributed by atoms with E-state index in [9.17, 15) is 36.7 Å². The third-order valence-corrected chi connectivity index (χ3v) is 8.01. The Bertz CT molecular complexity index is 1370. The van der Waals surface area contributed by atoms with Crippen molar-refractivity contribution in [3.8, 4) is 5.75 Å². The molecule has 2 saturated heterocycles. The molecule has 41 heavy (non-hydrogen) atoms. The second kappa shape index (κ2) is 11.1. The predicted octanol–water partition coefficient (Wildman–Crippen LogP) is 4.00. The molecule has 0 aliphatic carbocycles. The first-order valence-corrected chi connectivity index (χ1v) is 13.1. The number of halogens is 4. The summed E-state index contributed by atoms with van der Waals surface area (Å²) in [6.45, 7) is 3.49. The van der Waals surface area contributed by atoms with Crippen molar-refractivity contribution < 1.29 is 41.5 Å². The van der Waals surface area contributed by atoms with Crippen LogP contribution in [-0.2, 0) is 20.6 Å². The van der Waals surface area contributed by atoms with Crippen molar-refractivity contribution in [2.75, 3.05) is 27.2 Å². The van der Waals surface area contributed by atoms with Crippen molar-refractivity contribution in [3.05, 3.63) is 65.0 Å². The third-order valence-electron chi connectivity index (χ3n) is 8.01. The van der Waals surface area contributed by atoms with Gasteiger partial charge in [-0.15, -0.1) is 0 Å². The highest BCUT2D eigenvalue weighted by Crippen LogP contribution is 2.51. The van der Waals surface area contributed by atoms with Gasteiger partial charge in [-0.3, -0.25) is 24.1 Å². The SMILES string of the molecule is COc1cccc(C2C(=O)N(C)C(=O)C23CCN(C(=O)[C@H](NC(=O)c2cc(C(F)(F)F)ccc2F)C(C)C)CC3)c1. The van der Waals surface area contributed by atoms with Crippen LogP contribution in [0.1, 0.15) is 54.1 Å². The summed E-state index contributed by atoms with van der Waals surface area (Å²) in [6.07, 6.45) is -4.43. The quantitative estimate of drug-likeness (QED) is 0.414. The summed E-state index contributed by atoms with van der Waals surface area (Å²) >= 11 is 0. The number of piperidine rings is 1. The average Bonchev–Trinajstić information content (AvgIpc) is 3.11. The highest BCUT2D eigenvalue weighted by molar-refractivity contribution is 6.10. The van der Waals surface area contributed by atoms with E-state index in [0.29, 0.717) is 29.5 Å². The molecule has 4 rings (SSSR count). The lowest BCUT2D eigenvalue weighted by atomic mass is 9.67. The summed E-state index contributed by atoms with van der Waals surface area (Å²) in [5, 5.41) is 2.40. The largest absolute Gasteiger partial charge is 0.497 e. The maximum absolute atomic E-state index is 14.3. The molecule has 2 heterocycles. The molecule has 2 aliphatic rings. The molecular weight excluding hydrogens is 546 g/mol. The van der Waals surface area contributed by atoms with E-state index in [-0.39, 0.29) is 37.7 Å². The first-order chi connectivity index (χ1) is 19.2. The average molecular weight is 578 g/mol. The van der Waals surface area contributed by atoms with Crippen LogP contribution in [0, 0.1) is 17.2 Å². The van der Waals surface area contributed by atoms with Crippen LogP contribution in [0.15, 0.2) is 42.5 Å². The monoisotopic (exact) mass is 577 g/mol. The zero-order valence-electron chi connectivity index (χ0n) is 23.0. The number of nitrogens with one attached hydrogen (secondary N) is 1. The number of hydrogen-bond acceptors (Lipinski definition) is 5. The molecule has 1 N–H and O–H groups in total. The lowest BCUT2D eigenvalue weighted by Gasteiger charge is -2.41. The van der Waals surface area contributed by atoms with Crippen LogP contribution in [0.25, 0.3) is 0 Å². The van der Waals surface area contributed by atoms with Crippen molar-refractivity contribution in [1.29, 1.82) is 0 Å². The van der Waals surface area contributed by atoms with Gasteiger partial charge in [-0.2, -0.15) is 13.2 Å². The Morgan fingerprint density at radius 1 is 1.07 bits per heavy atom. The van der Waals surface area contributed by atoms with E-state index >= 15 is 0 Å². The number of hydrogen-bond donors (Lipinski definition) is 1. The molecule has 2 fully saturated rings. The molecule has 220 valence electrons. The number of nitrogens with zero attached hydrogens (tertiary/aromatic N) is 2. The van der Waals surface area contributed by atoms with Gasteiger partial charge >= 0.3 is 6.18 Å². The number of methoxy groups -OCH3 is 1. The summed E-state index contributed by atoms with van der Waals surface area (Å²) < 4.78 is 59.0. The van der Waals surface area contributed by atoms with Crippen LogP contribution in [0.4, 0.5) is 17.6 Å². The summed E-state index contributed by atoms with van der Waals surface area (Å²) in [4.78, 5) is 55.5. The second-order valence-electron chi connectivity index (χ2n) is 10.8. The van der Waals surface area contributed by atoms with E-state index in [1.807, 2.05) is 0 Å². The molecule has 12 heteroatoms. The van der Waals surface area contributed by atoms with Gasteiger partial charge in [0.05, 0.1) is 29.6 Å². The first-order valence-electron chi connectivity index (χ1n) is 13.1. The van der Waals surface area contributed by atoms with E-state index in [4.69, 9.17) is 4.74 Å². The number of amides is 4. The molecule has 1 spiro atoms. The van der Waals surface area contributed by atoms with E-state index in [1.165, 1.54) is 19.1 Å². The van der Waals surface area contributed by atoms with E-state index < -0.39 is 58.2 Å². The van der Waals surface area contributed by atoms with Crippen LogP contribution in [0.5, 0.6) is 5.75 Å². The smallest absolute Gasteiger partial charge is 0.416 e. The fourth-order valence-corrected chi connectivity index (χ4v) is 5.70. The molecule has 8 nitrogen and oxygen atoms in total. The normalized spacial score (nSPS) is 19.6. The molecule has 0 radical (unpaired) electrons. The number of benzene rings is 2. The number of likely N-dealkylation sites (tertiary alicyclic amines) is 2. The summed E-state index contributed by atoms with van der Waals surface area (Å²) in [6, 6.07) is 7.28.